The second kappa shape index (κ2) is 11.0. The number of benzene rings is 8. The van der Waals surface area contributed by atoms with Crippen LogP contribution >= 0.6 is 11.3 Å². The molecule has 0 amide bonds. The molecule has 46 heavy (non-hydrogen) atoms. The quantitative estimate of drug-likeness (QED) is 0.189. The van der Waals surface area contributed by atoms with E-state index in [9.17, 15) is 0 Å². The minimum absolute atomic E-state index is 1.13. The Labute approximate surface area is 272 Å². The molecule has 0 fully saturated rings. The molecule has 0 saturated carbocycles. The molecule has 0 spiro atoms. The SMILES string of the molecule is c1ccc(N(c2ccc3c(c2)sc2ccccc23)c2ccccc2-c2ccc3ccc(-c4ccc5ccccc5c4)cc3c2)cc1. The van der Waals surface area contributed by atoms with Gasteiger partial charge in [-0.05, 0) is 92.8 Å². The van der Waals surface area contributed by atoms with Gasteiger partial charge in [-0.25, -0.2) is 0 Å². The zero-order valence-electron chi connectivity index (χ0n) is 25.1. The Bertz CT molecular complexity index is 2540. The van der Waals surface area contributed by atoms with E-state index in [1.54, 1.807) is 0 Å². The van der Waals surface area contributed by atoms with Gasteiger partial charge >= 0.3 is 0 Å². The Morgan fingerprint density at radius 3 is 1.80 bits per heavy atom. The first kappa shape index (κ1) is 26.7. The van der Waals surface area contributed by atoms with Gasteiger partial charge < -0.3 is 4.90 Å². The summed E-state index contributed by atoms with van der Waals surface area (Å²) in [7, 11) is 0. The first-order chi connectivity index (χ1) is 22.8. The van der Waals surface area contributed by atoms with Crippen LogP contribution in [0.2, 0.25) is 0 Å². The molecule has 0 bridgehead atoms. The first-order valence-corrected chi connectivity index (χ1v) is 16.5. The van der Waals surface area contributed by atoms with Crippen molar-refractivity contribution in [2.24, 2.45) is 0 Å². The van der Waals surface area contributed by atoms with Crippen molar-refractivity contribution in [1.82, 2.24) is 0 Å². The fourth-order valence-corrected chi connectivity index (χ4v) is 7.87. The summed E-state index contributed by atoms with van der Waals surface area (Å²) in [6.45, 7) is 0. The lowest BCUT2D eigenvalue weighted by Gasteiger charge is -2.28. The number of hydrogen-bond acceptors (Lipinski definition) is 2. The molecule has 0 N–H and O–H groups in total. The average Bonchev–Trinajstić information content (AvgIpc) is 3.50. The van der Waals surface area contributed by atoms with Crippen LogP contribution in [0.1, 0.15) is 0 Å². The molecule has 0 atom stereocenters. The van der Waals surface area contributed by atoms with Gasteiger partial charge in [-0.1, -0.05) is 121 Å². The Balaban J connectivity index is 1.18. The Morgan fingerprint density at radius 2 is 0.957 bits per heavy atom. The van der Waals surface area contributed by atoms with Gasteiger partial charge in [0.2, 0.25) is 0 Å². The Hall–Kier alpha value is -5.70. The summed E-state index contributed by atoms with van der Waals surface area (Å²) in [5, 5.41) is 7.62. The molecule has 0 saturated heterocycles. The summed E-state index contributed by atoms with van der Waals surface area (Å²) in [5.74, 6) is 0. The minimum atomic E-state index is 1.13. The zero-order valence-corrected chi connectivity index (χ0v) is 25.9. The number of nitrogens with zero attached hydrogens (tertiary/aromatic N) is 1. The van der Waals surface area contributed by atoms with Gasteiger partial charge in [-0.15, -0.1) is 11.3 Å². The van der Waals surface area contributed by atoms with Crippen molar-refractivity contribution < 1.29 is 0 Å². The molecule has 0 aliphatic rings. The van der Waals surface area contributed by atoms with Crippen LogP contribution < -0.4 is 4.90 Å². The van der Waals surface area contributed by atoms with Crippen LogP contribution in [0.25, 0.3) is 64.0 Å². The van der Waals surface area contributed by atoms with Crippen molar-refractivity contribution in [3.8, 4) is 22.3 Å². The molecule has 1 heterocycles. The second-order valence-corrected chi connectivity index (χ2v) is 12.9. The largest absolute Gasteiger partial charge is 0.310 e. The van der Waals surface area contributed by atoms with E-state index in [0.717, 1.165) is 17.1 Å². The Morgan fingerprint density at radius 1 is 0.348 bits per heavy atom. The first-order valence-electron chi connectivity index (χ1n) is 15.7. The molecule has 0 radical (unpaired) electrons. The maximum Gasteiger partial charge on any atom is 0.0540 e. The minimum Gasteiger partial charge on any atom is -0.310 e. The van der Waals surface area contributed by atoms with E-state index in [2.05, 4.69) is 181 Å². The monoisotopic (exact) mass is 603 g/mol. The highest BCUT2D eigenvalue weighted by molar-refractivity contribution is 7.25. The third kappa shape index (κ3) is 4.63. The molecule has 1 aromatic heterocycles. The molecule has 216 valence electrons. The van der Waals surface area contributed by atoms with Gasteiger partial charge in [0, 0.05) is 37.1 Å². The van der Waals surface area contributed by atoms with Crippen LogP contribution in [-0.2, 0) is 0 Å². The fourth-order valence-electron chi connectivity index (χ4n) is 6.73. The van der Waals surface area contributed by atoms with Crippen LogP contribution in [0.4, 0.5) is 17.1 Å². The van der Waals surface area contributed by atoms with Crippen LogP contribution in [0.15, 0.2) is 176 Å². The lowest BCUT2D eigenvalue weighted by Crippen LogP contribution is -2.11. The van der Waals surface area contributed by atoms with E-state index in [0.29, 0.717) is 0 Å². The molecule has 9 rings (SSSR count). The van der Waals surface area contributed by atoms with Crippen molar-refractivity contribution in [3.63, 3.8) is 0 Å². The summed E-state index contributed by atoms with van der Waals surface area (Å²) in [6.07, 6.45) is 0. The van der Waals surface area contributed by atoms with E-state index in [1.165, 1.54) is 64.0 Å². The summed E-state index contributed by atoms with van der Waals surface area (Å²) >= 11 is 1.86. The highest BCUT2D eigenvalue weighted by Crippen LogP contribution is 2.44. The number of hydrogen-bond donors (Lipinski definition) is 0. The van der Waals surface area contributed by atoms with Crippen molar-refractivity contribution in [2.75, 3.05) is 4.90 Å². The third-order valence-corrected chi connectivity index (χ3v) is 10.1. The number of para-hydroxylation sites is 2. The normalized spacial score (nSPS) is 11.5. The molecule has 1 nitrogen and oxygen atoms in total. The molecular weight excluding hydrogens is 575 g/mol. The molecule has 8 aromatic carbocycles. The molecule has 9 aromatic rings. The summed E-state index contributed by atoms with van der Waals surface area (Å²) in [4.78, 5) is 2.40. The number of rotatable bonds is 5. The lowest BCUT2D eigenvalue weighted by molar-refractivity contribution is 1.29. The van der Waals surface area contributed by atoms with Gasteiger partial charge in [0.05, 0.1) is 5.69 Å². The van der Waals surface area contributed by atoms with Crippen molar-refractivity contribution in [1.29, 1.82) is 0 Å². The number of fused-ring (bicyclic) bond motifs is 5. The topological polar surface area (TPSA) is 3.24 Å². The second-order valence-electron chi connectivity index (χ2n) is 11.8. The lowest BCUT2D eigenvalue weighted by atomic mass is 9.95. The highest BCUT2D eigenvalue weighted by atomic mass is 32.1. The predicted molar refractivity (Wildman–Crippen MR) is 200 cm³/mol. The van der Waals surface area contributed by atoms with Crippen LogP contribution in [0, 0.1) is 0 Å². The van der Waals surface area contributed by atoms with Gasteiger partial charge in [0.1, 0.15) is 0 Å². The van der Waals surface area contributed by atoms with E-state index in [4.69, 9.17) is 0 Å². The van der Waals surface area contributed by atoms with E-state index < -0.39 is 0 Å². The predicted octanol–water partition coefficient (Wildman–Crippen LogP) is 13.2. The summed E-state index contributed by atoms with van der Waals surface area (Å²) < 4.78 is 2.62. The zero-order chi connectivity index (χ0) is 30.5. The maximum absolute atomic E-state index is 2.40. The van der Waals surface area contributed by atoms with Crippen molar-refractivity contribution >= 4 is 70.1 Å². The molecule has 0 aliphatic heterocycles. The van der Waals surface area contributed by atoms with E-state index in [-0.39, 0.29) is 0 Å². The van der Waals surface area contributed by atoms with Crippen molar-refractivity contribution in [3.05, 3.63) is 176 Å². The third-order valence-electron chi connectivity index (χ3n) is 9.01. The van der Waals surface area contributed by atoms with Gasteiger partial charge in [0.15, 0.2) is 0 Å². The van der Waals surface area contributed by atoms with Crippen LogP contribution in [0.3, 0.4) is 0 Å². The fraction of sp³-hybridized carbons (Fsp3) is 0. The maximum atomic E-state index is 2.40. The molecular formula is C44H29NS. The molecule has 0 unspecified atom stereocenters. The molecule has 2 heteroatoms. The Kier molecular flexibility index (Phi) is 6.40. The summed E-state index contributed by atoms with van der Waals surface area (Å²) in [5.41, 5.74) is 8.29. The van der Waals surface area contributed by atoms with Gasteiger partial charge in [0.25, 0.3) is 0 Å². The van der Waals surface area contributed by atoms with Crippen LogP contribution in [-0.4, -0.2) is 0 Å². The summed E-state index contributed by atoms with van der Waals surface area (Å²) in [6, 6.07) is 64.0. The van der Waals surface area contributed by atoms with Gasteiger partial charge in [-0.3, -0.25) is 0 Å². The average molecular weight is 604 g/mol. The van der Waals surface area contributed by atoms with Gasteiger partial charge in [-0.2, -0.15) is 0 Å². The number of anilines is 3. The number of thiophene rings is 1. The van der Waals surface area contributed by atoms with Crippen LogP contribution in [0.5, 0.6) is 0 Å². The standard InChI is InChI=1S/C44H29NS/c1-2-12-37(13-3-1)45(38-24-25-41-40-15-7-9-17-43(40)46-44(41)29-38)42-16-8-6-14-39(42)35-23-20-31-19-22-34(27-36(31)28-35)33-21-18-30-10-4-5-11-32(30)26-33/h1-29H. The molecule has 0 aliphatic carbocycles. The van der Waals surface area contributed by atoms with E-state index >= 15 is 0 Å². The highest BCUT2D eigenvalue weighted by Gasteiger charge is 2.18. The van der Waals surface area contributed by atoms with Crippen molar-refractivity contribution in [2.45, 2.75) is 0 Å². The smallest absolute Gasteiger partial charge is 0.0540 e. The van der Waals surface area contributed by atoms with E-state index in [1.807, 2.05) is 11.3 Å².